The molecular weight excluding hydrogens is 385 g/mol. The lowest BCUT2D eigenvalue weighted by atomic mass is 10.2. The number of amides is 2. The van der Waals surface area contributed by atoms with Crippen molar-refractivity contribution in [3.63, 3.8) is 0 Å². The Hall–Kier alpha value is -3.87. The van der Waals surface area contributed by atoms with Gasteiger partial charge < -0.3 is 20.7 Å². The van der Waals surface area contributed by atoms with Crippen molar-refractivity contribution in [2.24, 2.45) is 0 Å². The fourth-order valence-corrected chi connectivity index (χ4v) is 2.70. The van der Waals surface area contributed by atoms with Crippen molar-refractivity contribution in [3.8, 4) is 5.75 Å². The van der Waals surface area contributed by atoms with E-state index in [1.165, 1.54) is 18.2 Å². The third-order valence-corrected chi connectivity index (χ3v) is 4.13. The Kier molecular flexibility index (Phi) is 7.00. The molecule has 0 atom stereocenters. The molecule has 0 aliphatic carbocycles. The monoisotopic (exact) mass is 407 g/mol. The predicted molar refractivity (Wildman–Crippen MR) is 116 cm³/mol. The van der Waals surface area contributed by atoms with Gasteiger partial charge in [-0.15, -0.1) is 0 Å². The number of benzene rings is 3. The number of rotatable bonds is 8. The average molecular weight is 407 g/mol. The topological polar surface area (TPSA) is 79.5 Å². The highest BCUT2D eigenvalue weighted by Crippen LogP contribution is 2.17. The largest absolute Gasteiger partial charge is 0.494 e. The Bertz CT molecular complexity index is 1000. The molecule has 0 spiro atoms. The van der Waals surface area contributed by atoms with E-state index in [0.29, 0.717) is 29.2 Å². The van der Waals surface area contributed by atoms with Crippen LogP contribution in [-0.4, -0.2) is 25.0 Å². The van der Waals surface area contributed by atoms with Gasteiger partial charge in [0, 0.05) is 22.6 Å². The van der Waals surface area contributed by atoms with Gasteiger partial charge in [0.2, 0.25) is 5.91 Å². The zero-order valence-corrected chi connectivity index (χ0v) is 16.4. The summed E-state index contributed by atoms with van der Waals surface area (Å²) in [6, 6.07) is 19.6. The highest BCUT2D eigenvalue weighted by atomic mass is 19.1. The van der Waals surface area contributed by atoms with Gasteiger partial charge in [0.25, 0.3) is 5.91 Å². The van der Waals surface area contributed by atoms with E-state index in [-0.39, 0.29) is 18.4 Å². The minimum atomic E-state index is -0.417. The van der Waals surface area contributed by atoms with Gasteiger partial charge in [-0.2, -0.15) is 0 Å². The van der Waals surface area contributed by atoms with Crippen LogP contribution in [0.15, 0.2) is 72.8 Å². The molecule has 0 heterocycles. The molecule has 3 rings (SSSR count). The smallest absolute Gasteiger partial charge is 0.255 e. The first kappa shape index (κ1) is 20.9. The predicted octanol–water partition coefficient (Wildman–Crippen LogP) is 4.53. The van der Waals surface area contributed by atoms with E-state index < -0.39 is 5.82 Å². The number of hydrogen-bond acceptors (Lipinski definition) is 4. The van der Waals surface area contributed by atoms with Crippen LogP contribution < -0.4 is 20.7 Å². The number of ether oxygens (including phenoxy) is 1. The van der Waals surface area contributed by atoms with Gasteiger partial charge in [0.1, 0.15) is 11.6 Å². The molecule has 0 saturated carbocycles. The molecule has 0 aliphatic rings. The molecule has 7 heteroatoms. The van der Waals surface area contributed by atoms with Crippen LogP contribution in [0.1, 0.15) is 17.3 Å². The summed E-state index contributed by atoms with van der Waals surface area (Å²) in [7, 11) is 0. The molecule has 0 fully saturated rings. The number of carbonyl (C=O) groups excluding carboxylic acids is 2. The second kappa shape index (κ2) is 10.1. The molecule has 154 valence electrons. The molecule has 6 nitrogen and oxygen atoms in total. The van der Waals surface area contributed by atoms with Crippen LogP contribution in [-0.2, 0) is 4.79 Å². The second-order valence-electron chi connectivity index (χ2n) is 6.40. The number of carbonyl (C=O) groups is 2. The maximum Gasteiger partial charge on any atom is 0.255 e. The maximum atomic E-state index is 13.2. The van der Waals surface area contributed by atoms with Crippen LogP contribution in [0, 0.1) is 5.82 Å². The van der Waals surface area contributed by atoms with Crippen LogP contribution in [0.3, 0.4) is 0 Å². The van der Waals surface area contributed by atoms with Crippen molar-refractivity contribution in [3.05, 3.63) is 84.2 Å². The molecule has 3 aromatic carbocycles. The van der Waals surface area contributed by atoms with Crippen molar-refractivity contribution in [2.45, 2.75) is 6.92 Å². The molecular formula is C23H22FN3O3. The molecule has 3 N–H and O–H groups in total. The summed E-state index contributed by atoms with van der Waals surface area (Å²) >= 11 is 0. The maximum absolute atomic E-state index is 13.2. The molecule has 0 bridgehead atoms. The zero-order chi connectivity index (χ0) is 21.3. The van der Waals surface area contributed by atoms with Gasteiger partial charge in [0.15, 0.2) is 0 Å². The molecule has 0 saturated heterocycles. The van der Waals surface area contributed by atoms with E-state index in [2.05, 4.69) is 16.0 Å². The van der Waals surface area contributed by atoms with Gasteiger partial charge in [-0.1, -0.05) is 6.07 Å². The standard InChI is InChI=1S/C23H22FN3O3/c1-2-30-21-12-10-19(11-13-21)27-23(29)16-6-8-18(9-7-16)25-15-22(28)26-20-5-3-4-17(24)14-20/h3-14,25H,2,15H2,1H3,(H,26,28)(H,27,29). The summed E-state index contributed by atoms with van der Waals surface area (Å²) in [6.45, 7) is 2.50. The minimum Gasteiger partial charge on any atom is -0.494 e. The third-order valence-electron chi connectivity index (χ3n) is 4.13. The first-order valence-corrected chi connectivity index (χ1v) is 9.47. The quantitative estimate of drug-likeness (QED) is 0.513. The lowest BCUT2D eigenvalue weighted by molar-refractivity contribution is -0.114. The molecule has 0 aliphatic heterocycles. The zero-order valence-electron chi connectivity index (χ0n) is 16.4. The summed E-state index contributed by atoms with van der Waals surface area (Å²) in [6.07, 6.45) is 0. The fraction of sp³-hybridized carbons (Fsp3) is 0.130. The molecule has 0 unspecified atom stereocenters. The van der Waals surface area contributed by atoms with E-state index in [9.17, 15) is 14.0 Å². The summed E-state index contributed by atoms with van der Waals surface area (Å²) < 4.78 is 18.5. The van der Waals surface area contributed by atoms with Crippen molar-refractivity contribution >= 4 is 28.9 Å². The fourth-order valence-electron chi connectivity index (χ4n) is 2.70. The Labute approximate surface area is 174 Å². The van der Waals surface area contributed by atoms with Crippen molar-refractivity contribution < 1.29 is 18.7 Å². The summed E-state index contributed by atoms with van der Waals surface area (Å²) in [4.78, 5) is 24.3. The molecule has 30 heavy (non-hydrogen) atoms. The highest BCUT2D eigenvalue weighted by molar-refractivity contribution is 6.04. The van der Waals surface area contributed by atoms with E-state index >= 15 is 0 Å². The van der Waals surface area contributed by atoms with E-state index in [4.69, 9.17) is 4.74 Å². The van der Waals surface area contributed by atoms with Gasteiger partial charge in [-0.3, -0.25) is 9.59 Å². The number of halogens is 1. The first-order chi connectivity index (χ1) is 14.5. The van der Waals surface area contributed by atoms with Crippen LogP contribution in [0.2, 0.25) is 0 Å². The van der Waals surface area contributed by atoms with Crippen molar-refractivity contribution in [1.82, 2.24) is 0 Å². The SMILES string of the molecule is CCOc1ccc(NC(=O)c2ccc(NCC(=O)Nc3cccc(F)c3)cc2)cc1. The Morgan fingerprint density at radius 2 is 1.57 bits per heavy atom. The number of hydrogen-bond donors (Lipinski definition) is 3. The summed E-state index contributed by atoms with van der Waals surface area (Å²) in [5.74, 6) is -0.223. The second-order valence-corrected chi connectivity index (χ2v) is 6.40. The minimum absolute atomic E-state index is 0.00817. The third kappa shape index (κ3) is 6.07. The highest BCUT2D eigenvalue weighted by Gasteiger charge is 2.07. The molecule has 0 radical (unpaired) electrons. The Balaban J connectivity index is 1.50. The Morgan fingerprint density at radius 1 is 0.867 bits per heavy atom. The average Bonchev–Trinajstić information content (AvgIpc) is 2.74. The molecule has 2 amide bonds. The lowest BCUT2D eigenvalue weighted by Gasteiger charge is -2.09. The van der Waals surface area contributed by atoms with Crippen molar-refractivity contribution in [1.29, 1.82) is 0 Å². The van der Waals surface area contributed by atoms with Crippen LogP contribution in [0.4, 0.5) is 21.5 Å². The Morgan fingerprint density at radius 3 is 2.23 bits per heavy atom. The van der Waals surface area contributed by atoms with Crippen LogP contribution in [0.5, 0.6) is 5.75 Å². The number of anilines is 3. The van der Waals surface area contributed by atoms with E-state index in [1.54, 1.807) is 54.6 Å². The van der Waals surface area contributed by atoms with Crippen LogP contribution >= 0.6 is 0 Å². The van der Waals surface area contributed by atoms with Gasteiger partial charge in [0.05, 0.1) is 13.2 Å². The van der Waals surface area contributed by atoms with E-state index in [1.807, 2.05) is 6.92 Å². The summed E-state index contributed by atoms with van der Waals surface area (Å²) in [5.41, 5.74) is 2.23. The van der Waals surface area contributed by atoms with Crippen molar-refractivity contribution in [2.75, 3.05) is 29.1 Å². The van der Waals surface area contributed by atoms with E-state index in [0.717, 1.165) is 5.75 Å². The van der Waals surface area contributed by atoms with Gasteiger partial charge >= 0.3 is 0 Å². The van der Waals surface area contributed by atoms with Gasteiger partial charge in [-0.25, -0.2) is 4.39 Å². The molecule has 0 aromatic heterocycles. The first-order valence-electron chi connectivity index (χ1n) is 9.47. The molecule has 3 aromatic rings. The lowest BCUT2D eigenvalue weighted by Crippen LogP contribution is -2.21. The van der Waals surface area contributed by atoms with Crippen LogP contribution in [0.25, 0.3) is 0 Å². The number of nitrogens with one attached hydrogen (secondary N) is 3. The normalized spacial score (nSPS) is 10.2. The summed E-state index contributed by atoms with van der Waals surface area (Å²) in [5, 5.41) is 8.39. The van der Waals surface area contributed by atoms with Gasteiger partial charge in [-0.05, 0) is 73.7 Å².